The fourth-order valence-corrected chi connectivity index (χ4v) is 3.14. The third-order valence-corrected chi connectivity index (χ3v) is 4.41. The van der Waals surface area contributed by atoms with Crippen LogP contribution in [0, 0.1) is 6.92 Å². The third kappa shape index (κ3) is 3.13. The zero-order valence-electron chi connectivity index (χ0n) is 12.6. The maximum atomic E-state index is 12.6. The van der Waals surface area contributed by atoms with E-state index in [4.69, 9.17) is 34.8 Å². The van der Waals surface area contributed by atoms with Crippen molar-refractivity contribution in [2.75, 3.05) is 5.32 Å². The van der Waals surface area contributed by atoms with Gasteiger partial charge in [-0.3, -0.25) is 4.79 Å². The number of hydrogen-bond acceptors (Lipinski definition) is 2. The number of para-hydroxylation sites is 2. The summed E-state index contributed by atoms with van der Waals surface area (Å²) in [6.07, 6.45) is 0. The Kier molecular flexibility index (Phi) is 4.81. The van der Waals surface area contributed by atoms with Crippen LogP contribution >= 0.6 is 34.8 Å². The van der Waals surface area contributed by atoms with Crippen molar-refractivity contribution < 1.29 is 4.79 Å². The Morgan fingerprint density at radius 3 is 2.25 bits per heavy atom. The van der Waals surface area contributed by atoms with E-state index in [-0.39, 0.29) is 10.7 Å². The largest absolute Gasteiger partial charge is 0.319 e. The molecule has 0 aliphatic rings. The summed E-state index contributed by atoms with van der Waals surface area (Å²) in [5.74, 6) is -0.422. The van der Waals surface area contributed by atoms with Crippen molar-refractivity contribution in [2.24, 2.45) is 0 Å². The lowest BCUT2D eigenvalue weighted by molar-refractivity contribution is 0.102. The first-order valence-electron chi connectivity index (χ1n) is 7.05. The number of amides is 1. The molecule has 4 nitrogen and oxygen atoms in total. The normalized spacial score (nSPS) is 10.7. The topological polar surface area (TPSA) is 46.9 Å². The second-order valence-electron chi connectivity index (χ2n) is 5.05. The minimum absolute atomic E-state index is 0.222. The van der Waals surface area contributed by atoms with E-state index in [2.05, 4.69) is 10.4 Å². The monoisotopic (exact) mass is 379 g/mol. The average Bonchev–Trinajstić information content (AvgIpc) is 2.86. The molecule has 0 bridgehead atoms. The lowest BCUT2D eigenvalue weighted by Gasteiger charge is -2.09. The highest BCUT2D eigenvalue weighted by atomic mass is 35.5. The highest BCUT2D eigenvalue weighted by Gasteiger charge is 2.22. The van der Waals surface area contributed by atoms with Gasteiger partial charge in [-0.25, -0.2) is 4.68 Å². The van der Waals surface area contributed by atoms with Gasteiger partial charge in [0.15, 0.2) is 0 Å². The number of nitrogens with one attached hydrogen (secondary N) is 1. The number of benzene rings is 2. The second kappa shape index (κ2) is 6.85. The van der Waals surface area contributed by atoms with Crippen molar-refractivity contribution in [3.63, 3.8) is 0 Å². The molecule has 122 valence electrons. The van der Waals surface area contributed by atoms with Crippen LogP contribution < -0.4 is 5.32 Å². The van der Waals surface area contributed by atoms with Crippen LogP contribution in [-0.2, 0) is 0 Å². The molecule has 7 heteroatoms. The second-order valence-corrected chi connectivity index (χ2v) is 6.22. The Morgan fingerprint density at radius 1 is 1.00 bits per heavy atom. The van der Waals surface area contributed by atoms with Gasteiger partial charge in [-0.2, -0.15) is 5.10 Å². The van der Waals surface area contributed by atoms with E-state index in [1.165, 1.54) is 4.68 Å². The highest BCUT2D eigenvalue weighted by molar-refractivity contribution is 6.40. The molecule has 24 heavy (non-hydrogen) atoms. The smallest absolute Gasteiger partial charge is 0.260 e. The summed E-state index contributed by atoms with van der Waals surface area (Å²) in [6.45, 7) is 1.72. The molecular formula is C17H12Cl3N3O. The Hall–Kier alpha value is -2.01. The van der Waals surface area contributed by atoms with Crippen molar-refractivity contribution in [1.82, 2.24) is 9.78 Å². The minimum atomic E-state index is -0.422. The summed E-state index contributed by atoms with van der Waals surface area (Å²) < 4.78 is 1.51. The van der Waals surface area contributed by atoms with Gasteiger partial charge in [0, 0.05) is 0 Å². The van der Waals surface area contributed by atoms with Gasteiger partial charge in [0.1, 0.15) is 10.7 Å². The number of nitrogens with zero attached hydrogens (tertiary/aromatic N) is 2. The molecular weight excluding hydrogens is 369 g/mol. The number of anilines is 1. The van der Waals surface area contributed by atoms with Crippen molar-refractivity contribution >= 4 is 46.4 Å². The molecule has 0 radical (unpaired) electrons. The van der Waals surface area contributed by atoms with E-state index in [9.17, 15) is 4.79 Å². The Labute approximate surface area is 154 Å². The molecule has 1 amide bonds. The van der Waals surface area contributed by atoms with Gasteiger partial charge in [-0.15, -0.1) is 0 Å². The summed E-state index contributed by atoms with van der Waals surface area (Å²) in [6, 6.07) is 14.3. The lowest BCUT2D eigenvalue weighted by atomic mass is 10.2. The van der Waals surface area contributed by atoms with Gasteiger partial charge in [0.2, 0.25) is 0 Å². The predicted molar refractivity (Wildman–Crippen MR) is 97.7 cm³/mol. The van der Waals surface area contributed by atoms with Crippen molar-refractivity contribution in [1.29, 1.82) is 0 Å². The lowest BCUT2D eigenvalue weighted by Crippen LogP contribution is -2.13. The number of rotatable bonds is 3. The molecule has 2 aromatic carbocycles. The van der Waals surface area contributed by atoms with Crippen LogP contribution in [0.3, 0.4) is 0 Å². The molecule has 0 aliphatic carbocycles. The molecule has 1 aromatic heterocycles. The van der Waals surface area contributed by atoms with E-state index in [0.29, 0.717) is 21.4 Å². The summed E-state index contributed by atoms with van der Waals surface area (Å²) in [4.78, 5) is 12.6. The van der Waals surface area contributed by atoms with Crippen LogP contribution in [0.5, 0.6) is 0 Å². The molecule has 0 saturated carbocycles. The fourth-order valence-electron chi connectivity index (χ4n) is 2.29. The van der Waals surface area contributed by atoms with E-state index < -0.39 is 5.91 Å². The van der Waals surface area contributed by atoms with Crippen LogP contribution in [0.15, 0.2) is 48.5 Å². The number of carbonyl (C=O) groups excluding carboxylic acids is 1. The van der Waals surface area contributed by atoms with E-state index in [1.54, 1.807) is 25.1 Å². The SMILES string of the molecule is Cc1nn(-c2ccccc2)c(Cl)c1C(=O)Nc1c(Cl)cccc1Cl. The molecule has 1 N–H and O–H groups in total. The molecule has 0 aliphatic heterocycles. The maximum Gasteiger partial charge on any atom is 0.260 e. The number of halogens is 3. The summed E-state index contributed by atoms with van der Waals surface area (Å²) >= 11 is 18.6. The molecule has 0 spiro atoms. The van der Waals surface area contributed by atoms with Crippen molar-refractivity contribution in [3.05, 3.63) is 75.0 Å². The molecule has 0 fully saturated rings. The van der Waals surface area contributed by atoms with Crippen LogP contribution in [0.4, 0.5) is 5.69 Å². The quantitative estimate of drug-likeness (QED) is 0.662. The average molecular weight is 381 g/mol. The zero-order valence-corrected chi connectivity index (χ0v) is 14.8. The Bertz CT molecular complexity index is 887. The third-order valence-electron chi connectivity index (χ3n) is 3.43. The van der Waals surface area contributed by atoms with Crippen LogP contribution in [0.2, 0.25) is 15.2 Å². The van der Waals surface area contributed by atoms with E-state index >= 15 is 0 Å². The molecule has 1 heterocycles. The van der Waals surface area contributed by atoms with Crippen LogP contribution in [0.1, 0.15) is 16.1 Å². The van der Waals surface area contributed by atoms with Gasteiger partial charge in [0.25, 0.3) is 5.91 Å². The van der Waals surface area contributed by atoms with Crippen molar-refractivity contribution in [3.8, 4) is 5.69 Å². The van der Waals surface area contributed by atoms with Crippen LogP contribution in [0.25, 0.3) is 5.69 Å². The Balaban J connectivity index is 1.98. The van der Waals surface area contributed by atoms with E-state index in [0.717, 1.165) is 5.69 Å². The number of aromatic nitrogens is 2. The molecule has 0 unspecified atom stereocenters. The molecule has 3 rings (SSSR count). The summed E-state index contributed by atoms with van der Waals surface area (Å²) in [7, 11) is 0. The Morgan fingerprint density at radius 2 is 1.62 bits per heavy atom. The molecule has 3 aromatic rings. The van der Waals surface area contributed by atoms with Crippen molar-refractivity contribution in [2.45, 2.75) is 6.92 Å². The first-order chi connectivity index (χ1) is 11.5. The number of aryl methyl sites for hydroxylation is 1. The zero-order chi connectivity index (χ0) is 17.3. The molecule has 0 atom stereocenters. The maximum absolute atomic E-state index is 12.6. The fraction of sp³-hybridized carbons (Fsp3) is 0.0588. The van der Waals surface area contributed by atoms with Crippen LogP contribution in [-0.4, -0.2) is 15.7 Å². The minimum Gasteiger partial charge on any atom is -0.319 e. The number of carbonyl (C=O) groups is 1. The first kappa shape index (κ1) is 16.8. The first-order valence-corrected chi connectivity index (χ1v) is 8.18. The van der Waals surface area contributed by atoms with Gasteiger partial charge in [-0.05, 0) is 31.2 Å². The standard InChI is InChI=1S/C17H12Cl3N3O/c1-10-14(16(20)23(22-10)11-6-3-2-4-7-11)17(24)21-15-12(18)8-5-9-13(15)19/h2-9H,1H3,(H,21,24). The number of hydrogen-bond donors (Lipinski definition) is 1. The van der Waals surface area contributed by atoms with E-state index in [1.807, 2.05) is 30.3 Å². The highest BCUT2D eigenvalue weighted by Crippen LogP contribution is 2.31. The predicted octanol–water partition coefficient (Wildman–Crippen LogP) is 5.39. The molecule has 0 saturated heterocycles. The van der Waals surface area contributed by atoms with Gasteiger partial charge >= 0.3 is 0 Å². The van der Waals surface area contributed by atoms with Gasteiger partial charge < -0.3 is 5.32 Å². The van der Waals surface area contributed by atoms with Gasteiger partial charge in [-0.1, -0.05) is 59.1 Å². The summed E-state index contributed by atoms with van der Waals surface area (Å²) in [5, 5.41) is 7.96. The summed E-state index contributed by atoms with van der Waals surface area (Å²) in [5.41, 5.74) is 1.88. The van der Waals surface area contributed by atoms with Gasteiger partial charge in [0.05, 0.1) is 27.1 Å².